The molecule has 90 heavy (non-hydrogen) atoms. The van der Waals surface area contributed by atoms with E-state index < -0.39 is 0 Å². The van der Waals surface area contributed by atoms with Crippen molar-refractivity contribution in [3.8, 4) is 50.7 Å². The molecule has 12 aromatic rings. The Kier molecular flexibility index (Phi) is 14.8. The van der Waals surface area contributed by atoms with Gasteiger partial charge >= 0.3 is 0 Å². The first-order valence-electron chi connectivity index (χ1n) is 32.0. The number of anilines is 4. The zero-order valence-electron chi connectivity index (χ0n) is 55.3. The van der Waals surface area contributed by atoms with E-state index in [1.807, 2.05) is 18.3 Å². The zero-order valence-corrected chi connectivity index (χ0v) is 56.1. The minimum Gasteiger partial charge on any atom is -0.457 e. The van der Waals surface area contributed by atoms with Gasteiger partial charge in [-0.3, -0.25) is 4.57 Å². The lowest BCUT2D eigenvalue weighted by atomic mass is 9.81. The predicted octanol–water partition coefficient (Wildman–Crippen LogP) is 24.6. The summed E-state index contributed by atoms with van der Waals surface area (Å²) in [5, 5.41) is 4.50. The zero-order chi connectivity index (χ0) is 63.5. The molecule has 0 amide bonds. The standard InChI is InChI=1S/C83H83N5OS/c1-50(2)62-22-20-23-63(51(3)4)75(62)54-42-59(47-61(43-54)89-60-36-37-66-73(48-60)88(74-46-57(40-41-85-74)82(11,12)13)72-39-38-65-64-24-21-25-69(84-17)78(64)90-79(65)76(66)72)86-49-87(71-27-19-18-26-70(71)86)77-67(52-28-32-55(33-29-52)80(5,6)7)44-58(83(14,15)16)45-68(77)53-30-34-56(35-31-53)81(8,9)10/h18-48,50-51H,49H2,1-16H3. The second kappa shape index (κ2) is 22.2. The number of rotatable bonds is 10. The third kappa shape index (κ3) is 10.7. The SMILES string of the molecule is [C-]#[N+]c1cccc2c1sc1c2ccc2c1c1ccc(Oc3cc(-c4c(C(C)C)cccc4C(C)C)cc(N4CN(c5c(-c6ccc(C(C)(C)C)cc6)cc(C(C)(C)C)cc5-c5ccc(C(C)(C)C)cc5)c5ccccc54)c3)cc1n2-c1cc(C(C)(C)C)ccn1. The summed E-state index contributed by atoms with van der Waals surface area (Å²) in [6, 6.07) is 67.8. The highest BCUT2D eigenvalue weighted by molar-refractivity contribution is 7.27. The summed E-state index contributed by atoms with van der Waals surface area (Å²) in [4.78, 5) is 14.1. The van der Waals surface area contributed by atoms with E-state index in [-0.39, 0.29) is 33.5 Å². The number of para-hydroxylation sites is 2. The van der Waals surface area contributed by atoms with Crippen LogP contribution < -0.4 is 14.5 Å². The van der Waals surface area contributed by atoms with Crippen LogP contribution in [0, 0.1) is 6.57 Å². The van der Waals surface area contributed by atoms with E-state index in [4.69, 9.17) is 16.3 Å². The van der Waals surface area contributed by atoms with Crippen molar-refractivity contribution >= 4 is 81.8 Å². The number of hydrogen-bond acceptors (Lipinski definition) is 5. The van der Waals surface area contributed by atoms with Gasteiger partial charge in [0.05, 0.1) is 34.7 Å². The predicted molar refractivity (Wildman–Crippen MR) is 386 cm³/mol. The molecule has 4 heterocycles. The third-order valence-corrected chi connectivity index (χ3v) is 19.8. The molecular weight excluding hydrogens is 1120 g/mol. The molecule has 6 nitrogen and oxygen atoms in total. The van der Waals surface area contributed by atoms with Crippen molar-refractivity contribution in [3.05, 3.63) is 233 Å². The van der Waals surface area contributed by atoms with Crippen LogP contribution in [0.15, 0.2) is 188 Å². The largest absolute Gasteiger partial charge is 0.457 e. The Bertz CT molecular complexity index is 4720. The van der Waals surface area contributed by atoms with Gasteiger partial charge in [0.25, 0.3) is 0 Å². The van der Waals surface area contributed by atoms with Crippen molar-refractivity contribution < 1.29 is 4.74 Å². The lowest BCUT2D eigenvalue weighted by Crippen LogP contribution is -2.25. The fraction of sp³-hybridized carbons (Fsp3) is 0.277. The van der Waals surface area contributed by atoms with E-state index >= 15 is 0 Å². The molecule has 0 radical (unpaired) electrons. The molecule has 1 aliphatic heterocycles. The van der Waals surface area contributed by atoms with Gasteiger partial charge in [-0.15, -0.1) is 11.3 Å². The Balaban J connectivity index is 1.02. The lowest BCUT2D eigenvalue weighted by molar-refractivity contribution is 0.483. The highest BCUT2D eigenvalue weighted by Gasteiger charge is 2.34. The van der Waals surface area contributed by atoms with Gasteiger partial charge in [-0.25, -0.2) is 9.83 Å². The maximum absolute atomic E-state index is 8.09. The van der Waals surface area contributed by atoms with Crippen LogP contribution >= 0.6 is 11.3 Å². The molecule has 0 aliphatic carbocycles. The van der Waals surface area contributed by atoms with E-state index in [1.54, 1.807) is 11.3 Å². The first-order valence-corrected chi connectivity index (χ1v) is 32.8. The normalized spacial score (nSPS) is 13.2. The van der Waals surface area contributed by atoms with E-state index in [2.05, 4.69) is 300 Å². The molecule has 9 aromatic carbocycles. The Morgan fingerprint density at radius 1 is 0.478 bits per heavy atom. The molecule has 0 spiro atoms. The molecule has 0 atom stereocenters. The molecule has 3 aromatic heterocycles. The van der Waals surface area contributed by atoms with Crippen LogP contribution in [0.3, 0.4) is 0 Å². The monoisotopic (exact) mass is 1200 g/mol. The first kappa shape index (κ1) is 60.0. The maximum atomic E-state index is 8.09. The van der Waals surface area contributed by atoms with Crippen LogP contribution in [0.5, 0.6) is 11.5 Å². The average molecular weight is 1200 g/mol. The average Bonchev–Trinajstić information content (AvgIpc) is 1.55. The fourth-order valence-corrected chi connectivity index (χ4v) is 14.7. The van der Waals surface area contributed by atoms with Crippen LogP contribution in [-0.4, -0.2) is 16.2 Å². The van der Waals surface area contributed by atoms with Crippen molar-refractivity contribution in [2.45, 2.75) is 144 Å². The Hall–Kier alpha value is -8.96. The number of benzene rings is 9. The number of thiophene rings is 1. The van der Waals surface area contributed by atoms with Crippen molar-refractivity contribution in [2.75, 3.05) is 16.5 Å². The smallest absolute Gasteiger partial charge is 0.204 e. The minimum absolute atomic E-state index is 0.00707. The molecule has 13 rings (SSSR count). The molecular formula is C83H83N5OS. The number of aromatic nitrogens is 2. The van der Waals surface area contributed by atoms with Crippen LogP contribution in [0.1, 0.15) is 156 Å². The van der Waals surface area contributed by atoms with Crippen molar-refractivity contribution in [1.29, 1.82) is 0 Å². The van der Waals surface area contributed by atoms with Crippen LogP contribution in [0.4, 0.5) is 28.4 Å². The molecule has 452 valence electrons. The van der Waals surface area contributed by atoms with E-state index in [1.165, 1.54) is 66.9 Å². The maximum Gasteiger partial charge on any atom is 0.204 e. The number of hydrogen-bond donors (Lipinski definition) is 0. The molecule has 0 bridgehead atoms. The number of nitrogens with zero attached hydrogens (tertiary/aromatic N) is 5. The summed E-state index contributed by atoms with van der Waals surface area (Å²) in [6.07, 6.45) is 1.94. The first-order chi connectivity index (χ1) is 42.7. The number of fused-ring (bicyclic) bond motifs is 8. The lowest BCUT2D eigenvalue weighted by Gasteiger charge is -2.31. The quantitative estimate of drug-likeness (QED) is 0.128. The van der Waals surface area contributed by atoms with E-state index in [0.29, 0.717) is 12.4 Å². The number of pyridine rings is 1. The Labute approximate surface area is 537 Å². The minimum atomic E-state index is -0.128. The van der Waals surface area contributed by atoms with Gasteiger partial charge in [-0.2, -0.15) is 0 Å². The fourth-order valence-electron chi connectivity index (χ4n) is 13.4. The van der Waals surface area contributed by atoms with Crippen LogP contribution in [-0.2, 0) is 21.7 Å². The Morgan fingerprint density at radius 2 is 1.04 bits per heavy atom. The van der Waals surface area contributed by atoms with Gasteiger partial charge in [0.1, 0.15) is 24.0 Å². The second-order valence-electron chi connectivity index (χ2n) is 29.6. The van der Waals surface area contributed by atoms with Gasteiger partial charge in [0, 0.05) is 55.3 Å². The van der Waals surface area contributed by atoms with Gasteiger partial charge in [0.15, 0.2) is 0 Å². The molecule has 0 fully saturated rings. The summed E-state index contributed by atoms with van der Waals surface area (Å²) >= 11 is 1.71. The third-order valence-electron chi connectivity index (χ3n) is 18.5. The van der Waals surface area contributed by atoms with Crippen molar-refractivity contribution in [2.24, 2.45) is 0 Å². The summed E-state index contributed by atoms with van der Waals surface area (Å²) in [7, 11) is 0. The van der Waals surface area contributed by atoms with Gasteiger partial charge in [-0.05, 0) is 167 Å². The highest BCUT2D eigenvalue weighted by Crippen LogP contribution is 2.54. The molecule has 0 unspecified atom stereocenters. The molecule has 7 heteroatoms. The summed E-state index contributed by atoms with van der Waals surface area (Å²) in [5.41, 5.74) is 21.9. The number of ether oxygens (including phenoxy) is 1. The van der Waals surface area contributed by atoms with Crippen molar-refractivity contribution in [3.63, 3.8) is 0 Å². The molecule has 1 aliphatic rings. The van der Waals surface area contributed by atoms with Gasteiger partial charge in [-0.1, -0.05) is 214 Å². The van der Waals surface area contributed by atoms with Crippen LogP contribution in [0.25, 0.3) is 86.0 Å². The van der Waals surface area contributed by atoms with Crippen LogP contribution in [0.2, 0.25) is 0 Å². The molecule has 0 saturated heterocycles. The summed E-state index contributed by atoms with van der Waals surface area (Å²) in [6.45, 7) is 45.4. The van der Waals surface area contributed by atoms with Gasteiger partial charge in [0.2, 0.25) is 5.69 Å². The van der Waals surface area contributed by atoms with Gasteiger partial charge < -0.3 is 14.5 Å². The molecule has 0 N–H and O–H groups in total. The van der Waals surface area contributed by atoms with E-state index in [9.17, 15) is 0 Å². The van der Waals surface area contributed by atoms with E-state index in [0.717, 1.165) is 81.9 Å². The summed E-state index contributed by atoms with van der Waals surface area (Å²) in [5.74, 6) is 2.85. The topological polar surface area (TPSA) is 37.9 Å². The van der Waals surface area contributed by atoms with Crippen molar-refractivity contribution in [1.82, 2.24) is 9.55 Å². The highest BCUT2D eigenvalue weighted by atomic mass is 32.1. The summed E-state index contributed by atoms with van der Waals surface area (Å²) < 4.78 is 11.9. The Morgan fingerprint density at radius 3 is 1.62 bits per heavy atom. The molecule has 0 saturated carbocycles. The second-order valence-corrected chi connectivity index (χ2v) is 30.6.